The molecule has 0 heteroatoms. The van der Waals surface area contributed by atoms with Crippen molar-refractivity contribution in [2.45, 2.75) is 26.7 Å². The normalized spacial score (nSPS) is 38.8. The Morgan fingerprint density at radius 3 is 2.92 bits per heavy atom. The zero-order chi connectivity index (χ0) is 8.72. The van der Waals surface area contributed by atoms with Gasteiger partial charge in [-0.15, -0.1) is 0 Å². The van der Waals surface area contributed by atoms with Gasteiger partial charge in [-0.25, -0.2) is 0 Å². The van der Waals surface area contributed by atoms with Gasteiger partial charge in [-0.2, -0.15) is 0 Å². The van der Waals surface area contributed by atoms with Crippen molar-refractivity contribution in [2.75, 3.05) is 0 Å². The van der Waals surface area contributed by atoms with Crippen molar-refractivity contribution in [3.05, 3.63) is 35.5 Å². The first kappa shape index (κ1) is 7.85. The molecule has 0 bridgehead atoms. The van der Waals surface area contributed by atoms with Crippen LogP contribution in [0.4, 0.5) is 0 Å². The molecule has 0 nitrogen and oxygen atoms in total. The number of fused-ring (bicyclic) bond motifs is 1. The lowest BCUT2D eigenvalue weighted by atomic mass is 10.0. The molecule has 0 N–H and O–H groups in total. The predicted octanol–water partition coefficient (Wildman–Crippen LogP) is 3.48. The Morgan fingerprint density at radius 1 is 1.58 bits per heavy atom. The number of hydrogen-bond donors (Lipinski definition) is 0. The molecule has 0 aliphatic heterocycles. The molecule has 0 spiro atoms. The molecule has 0 heterocycles. The molecule has 12 heavy (non-hydrogen) atoms. The lowest BCUT2D eigenvalue weighted by molar-refractivity contribution is 0.854. The van der Waals surface area contributed by atoms with Crippen molar-refractivity contribution in [2.24, 2.45) is 11.8 Å². The Balaban J connectivity index is 2.24. The molecule has 0 amide bonds. The number of rotatable bonds is 1. The van der Waals surface area contributed by atoms with Gasteiger partial charge in [0.1, 0.15) is 0 Å². The second-order valence-electron chi connectivity index (χ2n) is 4.07. The third-order valence-corrected chi connectivity index (χ3v) is 2.91. The average molecular weight is 160 g/mol. The van der Waals surface area contributed by atoms with Crippen LogP contribution >= 0.6 is 0 Å². The molecule has 2 rings (SSSR count). The third kappa shape index (κ3) is 1.16. The van der Waals surface area contributed by atoms with Gasteiger partial charge in [0.05, 0.1) is 0 Å². The molecular formula is C12H16. The van der Waals surface area contributed by atoms with E-state index in [1.807, 2.05) is 0 Å². The maximum Gasteiger partial charge on any atom is -0.0128 e. The minimum absolute atomic E-state index is 0.917. The van der Waals surface area contributed by atoms with E-state index < -0.39 is 0 Å². The van der Waals surface area contributed by atoms with Crippen LogP contribution in [0.25, 0.3) is 0 Å². The molecule has 2 atom stereocenters. The van der Waals surface area contributed by atoms with Crippen LogP contribution in [0.1, 0.15) is 26.7 Å². The van der Waals surface area contributed by atoms with Gasteiger partial charge in [-0.1, -0.05) is 24.3 Å². The average Bonchev–Trinajstić information content (AvgIpc) is 2.63. The van der Waals surface area contributed by atoms with Gasteiger partial charge in [0, 0.05) is 0 Å². The minimum Gasteiger partial charge on any atom is -0.0961 e. The van der Waals surface area contributed by atoms with Crippen LogP contribution in [0, 0.1) is 11.8 Å². The first-order valence-corrected chi connectivity index (χ1v) is 4.75. The molecule has 0 aromatic rings. The predicted molar refractivity (Wildman–Crippen MR) is 52.9 cm³/mol. The van der Waals surface area contributed by atoms with E-state index in [0.29, 0.717) is 0 Å². The van der Waals surface area contributed by atoms with Gasteiger partial charge in [0.15, 0.2) is 0 Å². The fourth-order valence-electron chi connectivity index (χ4n) is 2.33. The zero-order valence-corrected chi connectivity index (χ0v) is 7.93. The van der Waals surface area contributed by atoms with Crippen LogP contribution in [-0.4, -0.2) is 0 Å². The maximum atomic E-state index is 3.92. The highest BCUT2D eigenvalue weighted by Gasteiger charge is 2.46. The van der Waals surface area contributed by atoms with Crippen LogP contribution in [0.3, 0.4) is 0 Å². The number of allylic oxidation sites excluding steroid dienone is 5. The van der Waals surface area contributed by atoms with Gasteiger partial charge in [-0.3, -0.25) is 0 Å². The summed E-state index contributed by atoms with van der Waals surface area (Å²) in [6.07, 6.45) is 7.28. The summed E-state index contributed by atoms with van der Waals surface area (Å²) in [7, 11) is 0. The molecule has 2 saturated carbocycles. The van der Waals surface area contributed by atoms with Crippen LogP contribution in [-0.2, 0) is 0 Å². The highest BCUT2D eigenvalue weighted by molar-refractivity contribution is 5.45. The quantitative estimate of drug-likeness (QED) is 0.551. The van der Waals surface area contributed by atoms with Crippen molar-refractivity contribution < 1.29 is 0 Å². The fourth-order valence-corrected chi connectivity index (χ4v) is 2.33. The summed E-state index contributed by atoms with van der Waals surface area (Å²) in [6, 6.07) is 0. The Hall–Kier alpha value is -0.780. The fraction of sp³-hybridized carbons (Fsp3) is 0.500. The Labute approximate surface area is 74.7 Å². The molecule has 64 valence electrons. The SMILES string of the molecule is C=C(C)/C=C1/CC2CC2/C1=C/C. The van der Waals surface area contributed by atoms with Crippen molar-refractivity contribution in [3.63, 3.8) is 0 Å². The van der Waals surface area contributed by atoms with E-state index in [9.17, 15) is 0 Å². The van der Waals surface area contributed by atoms with Crippen molar-refractivity contribution in [1.29, 1.82) is 0 Å². The summed E-state index contributed by atoms with van der Waals surface area (Å²) in [4.78, 5) is 0. The lowest BCUT2D eigenvalue weighted by Crippen LogP contribution is -1.85. The molecule has 2 aliphatic carbocycles. The highest BCUT2D eigenvalue weighted by atomic mass is 14.5. The van der Waals surface area contributed by atoms with E-state index in [-0.39, 0.29) is 0 Å². The zero-order valence-electron chi connectivity index (χ0n) is 7.93. The summed E-state index contributed by atoms with van der Waals surface area (Å²) in [5, 5.41) is 0. The van der Waals surface area contributed by atoms with Crippen molar-refractivity contribution >= 4 is 0 Å². The smallest absolute Gasteiger partial charge is 0.0128 e. The van der Waals surface area contributed by atoms with Crippen molar-refractivity contribution in [1.82, 2.24) is 0 Å². The highest BCUT2D eigenvalue weighted by Crippen LogP contribution is 2.57. The molecule has 0 saturated heterocycles. The molecule has 0 aromatic carbocycles. The molecule has 2 unspecified atom stereocenters. The van der Waals surface area contributed by atoms with Crippen LogP contribution in [0.2, 0.25) is 0 Å². The van der Waals surface area contributed by atoms with E-state index in [2.05, 4.69) is 32.6 Å². The summed E-state index contributed by atoms with van der Waals surface area (Å²) < 4.78 is 0. The van der Waals surface area contributed by atoms with Crippen LogP contribution in [0.15, 0.2) is 35.5 Å². The second kappa shape index (κ2) is 2.62. The Morgan fingerprint density at radius 2 is 2.33 bits per heavy atom. The van der Waals surface area contributed by atoms with Gasteiger partial charge in [-0.05, 0) is 49.7 Å². The monoisotopic (exact) mass is 160 g/mol. The summed E-state index contributed by atoms with van der Waals surface area (Å²) >= 11 is 0. The summed E-state index contributed by atoms with van der Waals surface area (Å²) in [6.45, 7) is 8.15. The minimum atomic E-state index is 0.917. The summed E-state index contributed by atoms with van der Waals surface area (Å²) in [5.41, 5.74) is 4.33. The van der Waals surface area contributed by atoms with Gasteiger partial charge < -0.3 is 0 Å². The van der Waals surface area contributed by atoms with Gasteiger partial charge >= 0.3 is 0 Å². The standard InChI is InChI=1S/C12H16/c1-4-11-9(5-8(2)3)6-10-7-12(10)11/h4-5,10,12H,2,6-7H2,1,3H3/b9-5-,11-4+. The molecule has 2 aliphatic rings. The lowest BCUT2D eigenvalue weighted by Gasteiger charge is -2.03. The Bertz CT molecular complexity index is 278. The summed E-state index contributed by atoms with van der Waals surface area (Å²) in [5.74, 6) is 1.90. The molecule has 0 aromatic heterocycles. The second-order valence-corrected chi connectivity index (χ2v) is 4.07. The topological polar surface area (TPSA) is 0 Å². The maximum absolute atomic E-state index is 3.92. The van der Waals surface area contributed by atoms with E-state index >= 15 is 0 Å². The first-order valence-electron chi connectivity index (χ1n) is 4.75. The van der Waals surface area contributed by atoms with E-state index in [1.165, 1.54) is 18.4 Å². The van der Waals surface area contributed by atoms with Crippen LogP contribution in [0.5, 0.6) is 0 Å². The molecule has 0 radical (unpaired) electrons. The van der Waals surface area contributed by atoms with E-state index in [0.717, 1.165) is 11.8 Å². The van der Waals surface area contributed by atoms with Gasteiger partial charge in [0.25, 0.3) is 0 Å². The van der Waals surface area contributed by atoms with Crippen molar-refractivity contribution in [3.8, 4) is 0 Å². The first-order chi connectivity index (χ1) is 5.72. The van der Waals surface area contributed by atoms with Gasteiger partial charge in [0.2, 0.25) is 0 Å². The molecular weight excluding hydrogens is 144 g/mol. The van der Waals surface area contributed by atoms with E-state index in [1.54, 1.807) is 11.1 Å². The number of hydrogen-bond acceptors (Lipinski definition) is 0. The van der Waals surface area contributed by atoms with E-state index in [4.69, 9.17) is 0 Å². The third-order valence-electron chi connectivity index (χ3n) is 2.91. The Kier molecular flexibility index (Phi) is 1.71. The van der Waals surface area contributed by atoms with Crippen LogP contribution < -0.4 is 0 Å². The molecule has 2 fully saturated rings. The largest absolute Gasteiger partial charge is 0.0961 e.